The maximum absolute atomic E-state index is 13.7. The quantitative estimate of drug-likeness (QED) is 0.494. The van der Waals surface area contributed by atoms with Crippen molar-refractivity contribution >= 4 is 17.4 Å². The van der Waals surface area contributed by atoms with Crippen molar-refractivity contribution in [2.75, 3.05) is 12.3 Å². The third-order valence-corrected chi connectivity index (χ3v) is 11.3. The number of ether oxygens (including phenoxy) is 2. The van der Waals surface area contributed by atoms with Gasteiger partial charge in [0, 0.05) is 28.5 Å². The number of hydrogen-bond donors (Lipinski definition) is 3. The molecule has 0 spiro atoms. The third kappa shape index (κ3) is 3.85. The van der Waals surface area contributed by atoms with E-state index >= 15 is 0 Å². The fraction of sp³-hybridized carbons (Fsp3) is 0.500. The Bertz CT molecular complexity index is 1500. The maximum Gasteiger partial charge on any atom is 0.193 e. The van der Waals surface area contributed by atoms with E-state index in [4.69, 9.17) is 15.2 Å². The van der Waals surface area contributed by atoms with E-state index in [0.29, 0.717) is 25.1 Å². The van der Waals surface area contributed by atoms with Crippen molar-refractivity contribution in [2.45, 2.75) is 70.1 Å². The van der Waals surface area contributed by atoms with E-state index < -0.39 is 41.5 Å². The number of Topliss-reactive ketones (excluding diaryl/α,β-unsaturated/α-hetero) is 1. The van der Waals surface area contributed by atoms with Gasteiger partial charge in [0.25, 0.3) is 0 Å². The molecule has 4 N–H and O–H groups in total. The van der Waals surface area contributed by atoms with Crippen LogP contribution in [-0.2, 0) is 25.5 Å². The number of benzene rings is 1. The molecule has 42 heavy (non-hydrogen) atoms. The minimum atomic E-state index is -1.36. The first-order valence-corrected chi connectivity index (χ1v) is 15.0. The van der Waals surface area contributed by atoms with E-state index in [0.717, 1.165) is 35.1 Å². The minimum Gasteiger partial charge on any atom is -0.393 e. The molecule has 7 rings (SSSR count). The number of rotatable bonds is 5. The summed E-state index contributed by atoms with van der Waals surface area (Å²) in [6.07, 6.45) is 8.34. The number of carbonyl (C=O) groups is 2. The van der Waals surface area contributed by atoms with Crippen molar-refractivity contribution in [3.63, 3.8) is 0 Å². The first-order valence-electron chi connectivity index (χ1n) is 15.0. The number of hydrogen-bond acceptors (Lipinski definition) is 8. The molecule has 8 heteroatoms. The number of nitrogen functional groups attached to an aromatic ring is 1. The number of aliphatic hydroxyl groups is 2. The van der Waals surface area contributed by atoms with E-state index in [1.54, 1.807) is 18.3 Å². The summed E-state index contributed by atoms with van der Waals surface area (Å²) in [4.78, 5) is 29.9. The van der Waals surface area contributed by atoms with Gasteiger partial charge >= 0.3 is 0 Å². The molecule has 220 valence electrons. The molecule has 2 aromatic rings. The number of fused-ring (bicyclic) bond motifs is 7. The van der Waals surface area contributed by atoms with Crippen molar-refractivity contribution < 1.29 is 29.3 Å². The van der Waals surface area contributed by atoms with Crippen LogP contribution in [0.2, 0.25) is 0 Å². The Morgan fingerprint density at radius 1 is 1.17 bits per heavy atom. The van der Waals surface area contributed by atoms with Gasteiger partial charge in [-0.15, -0.1) is 0 Å². The third-order valence-electron chi connectivity index (χ3n) is 11.3. The minimum absolute atomic E-state index is 0.00175. The van der Waals surface area contributed by atoms with Crippen LogP contribution in [0.25, 0.3) is 0 Å². The highest BCUT2D eigenvalue weighted by Crippen LogP contribution is 2.70. The maximum atomic E-state index is 13.7. The lowest BCUT2D eigenvalue weighted by Gasteiger charge is -2.59. The molecule has 0 radical (unpaired) electrons. The molecule has 1 saturated heterocycles. The van der Waals surface area contributed by atoms with Gasteiger partial charge in [-0.2, -0.15) is 0 Å². The second-order valence-corrected chi connectivity index (χ2v) is 13.3. The number of nitrogens with zero attached hydrogens (tertiary/aromatic N) is 1. The molecular weight excluding hydrogens is 532 g/mol. The number of allylic oxidation sites excluding steroid dienone is 4. The Hall–Kier alpha value is -3.17. The van der Waals surface area contributed by atoms with Gasteiger partial charge in [0.05, 0.1) is 12.2 Å². The van der Waals surface area contributed by atoms with Gasteiger partial charge in [0.2, 0.25) is 0 Å². The zero-order valence-corrected chi connectivity index (χ0v) is 24.0. The van der Waals surface area contributed by atoms with Crippen LogP contribution in [0.1, 0.15) is 62.5 Å². The van der Waals surface area contributed by atoms with Crippen LogP contribution in [0.15, 0.2) is 66.4 Å². The first-order chi connectivity index (χ1) is 20.1. The van der Waals surface area contributed by atoms with Crippen LogP contribution in [0.3, 0.4) is 0 Å². The highest BCUT2D eigenvalue weighted by atomic mass is 16.7. The molecule has 0 unspecified atom stereocenters. The summed E-state index contributed by atoms with van der Waals surface area (Å²) < 4.78 is 13.3. The summed E-state index contributed by atoms with van der Waals surface area (Å²) in [5.41, 5.74) is 7.39. The molecule has 1 aliphatic heterocycles. The number of pyridine rings is 1. The number of carbonyl (C=O) groups excluding carboxylic acids is 2. The standard InChI is InChI=1S/C34H38N2O6/c1-32-11-9-23(38)15-22(32)7-8-24-25-16-28-34(27(40)18-37,33(25,2)17-26(39)30(24)32)42-31(41-28)21-5-3-19(4-6-21)13-20-10-12-36-29(35)14-20/h3-6,9-12,14-15,24-26,28,30-31,37,39H,7-8,13,16-18H2,1-2H3,(H2,35,36)/t24-,25-,26-,28+,30+,31+,32-,33-,34+/m0/s1. The van der Waals surface area contributed by atoms with Crippen LogP contribution in [0, 0.1) is 28.6 Å². The van der Waals surface area contributed by atoms with Crippen LogP contribution in [0.4, 0.5) is 5.82 Å². The molecule has 1 aromatic carbocycles. The van der Waals surface area contributed by atoms with Crippen molar-refractivity contribution in [3.8, 4) is 0 Å². The summed E-state index contributed by atoms with van der Waals surface area (Å²) in [6, 6.07) is 11.7. The largest absolute Gasteiger partial charge is 0.393 e. The Kier molecular flexibility index (Phi) is 6.37. The van der Waals surface area contributed by atoms with Gasteiger partial charge in [-0.05, 0) is 79.4 Å². The summed E-state index contributed by atoms with van der Waals surface area (Å²) in [7, 11) is 0. The average molecular weight is 571 g/mol. The molecule has 4 aliphatic carbocycles. The first kappa shape index (κ1) is 27.7. The van der Waals surface area contributed by atoms with Crippen molar-refractivity contribution in [1.82, 2.24) is 4.98 Å². The Balaban J connectivity index is 1.18. The number of anilines is 1. The fourth-order valence-corrected chi connectivity index (χ4v) is 9.47. The van der Waals surface area contributed by atoms with Gasteiger partial charge < -0.3 is 25.4 Å². The predicted molar refractivity (Wildman–Crippen MR) is 155 cm³/mol. The molecule has 9 atom stereocenters. The second-order valence-electron chi connectivity index (χ2n) is 13.3. The summed E-state index contributed by atoms with van der Waals surface area (Å²) in [5, 5.41) is 22.0. The Morgan fingerprint density at radius 3 is 2.69 bits per heavy atom. The molecule has 3 saturated carbocycles. The summed E-state index contributed by atoms with van der Waals surface area (Å²) in [6.45, 7) is 3.53. The molecular formula is C34H38N2O6. The van der Waals surface area contributed by atoms with E-state index in [1.165, 1.54) is 0 Å². The molecule has 0 bridgehead atoms. The van der Waals surface area contributed by atoms with E-state index in [1.807, 2.05) is 49.4 Å². The zero-order chi connectivity index (χ0) is 29.4. The molecule has 0 amide bonds. The van der Waals surface area contributed by atoms with E-state index in [2.05, 4.69) is 11.9 Å². The highest BCUT2D eigenvalue weighted by Gasteiger charge is 2.75. The van der Waals surface area contributed by atoms with Crippen LogP contribution < -0.4 is 5.73 Å². The number of nitrogens with two attached hydrogens (primary N) is 1. The highest BCUT2D eigenvalue weighted by molar-refractivity contribution is 6.01. The predicted octanol–water partition coefficient (Wildman–Crippen LogP) is 3.86. The summed E-state index contributed by atoms with van der Waals surface area (Å²) >= 11 is 0. The van der Waals surface area contributed by atoms with E-state index in [9.17, 15) is 19.8 Å². The molecule has 5 aliphatic rings. The number of aromatic nitrogens is 1. The average Bonchev–Trinajstić information content (AvgIpc) is 3.46. The van der Waals surface area contributed by atoms with Crippen LogP contribution in [-0.4, -0.2) is 51.2 Å². The van der Waals surface area contributed by atoms with Gasteiger partial charge in [-0.1, -0.05) is 49.8 Å². The lowest BCUT2D eigenvalue weighted by molar-refractivity contribution is -0.201. The Labute approximate surface area is 245 Å². The molecule has 2 heterocycles. The van der Waals surface area contributed by atoms with Gasteiger partial charge in [-0.25, -0.2) is 4.98 Å². The number of aliphatic hydroxyl groups excluding tert-OH is 2. The van der Waals surface area contributed by atoms with Gasteiger partial charge in [-0.3, -0.25) is 9.59 Å². The lowest BCUT2D eigenvalue weighted by atomic mass is 9.46. The lowest BCUT2D eigenvalue weighted by Crippen LogP contribution is -2.63. The monoisotopic (exact) mass is 570 g/mol. The summed E-state index contributed by atoms with van der Waals surface area (Å²) in [5.74, 6) is 0.217. The van der Waals surface area contributed by atoms with Crippen molar-refractivity contribution in [1.29, 1.82) is 0 Å². The SMILES string of the molecule is C[C@]12C=CC(=O)C=C1CC[C@@H]1[C@@H]2[C@@H](O)C[C@@]2(C)[C@H]1C[C@H]1O[C@@H](c3ccc(Cc4ccnc(N)c4)cc3)O[C@]12C(=O)CO. The van der Waals surface area contributed by atoms with Gasteiger partial charge in [0.15, 0.2) is 23.5 Å². The van der Waals surface area contributed by atoms with Crippen LogP contribution in [0.5, 0.6) is 0 Å². The van der Waals surface area contributed by atoms with Crippen molar-refractivity contribution in [3.05, 3.63) is 83.1 Å². The topological polar surface area (TPSA) is 132 Å². The Morgan fingerprint density at radius 2 is 1.95 bits per heavy atom. The number of ketones is 2. The van der Waals surface area contributed by atoms with Crippen molar-refractivity contribution in [2.24, 2.45) is 28.6 Å². The molecule has 8 nitrogen and oxygen atoms in total. The molecule has 1 aromatic heterocycles. The van der Waals surface area contributed by atoms with E-state index in [-0.39, 0.29) is 29.3 Å². The molecule has 4 fully saturated rings. The van der Waals surface area contributed by atoms with Crippen LogP contribution >= 0.6 is 0 Å². The zero-order valence-electron chi connectivity index (χ0n) is 24.0. The second kappa shape index (κ2) is 9.67. The van der Waals surface area contributed by atoms with Gasteiger partial charge in [0.1, 0.15) is 12.4 Å². The smallest absolute Gasteiger partial charge is 0.193 e. The normalized spacial score (nSPS) is 40.1. The fourth-order valence-electron chi connectivity index (χ4n) is 9.47.